The van der Waals surface area contributed by atoms with Crippen LogP contribution in [0, 0.1) is 0 Å². The van der Waals surface area contributed by atoms with E-state index in [4.69, 9.17) is 46.7 Å². The molecule has 10 heteroatoms. The number of halogens is 2. The van der Waals surface area contributed by atoms with E-state index >= 15 is 0 Å². The van der Waals surface area contributed by atoms with E-state index in [2.05, 4.69) is 5.16 Å². The Bertz CT molecular complexity index is 1740. The molecule has 2 heterocycles. The third-order valence-electron chi connectivity index (χ3n) is 6.20. The molecule has 0 saturated heterocycles. The van der Waals surface area contributed by atoms with Crippen molar-refractivity contribution in [3.63, 3.8) is 0 Å². The highest BCUT2D eigenvalue weighted by molar-refractivity contribution is 6.39. The molecular formula is C30H23Cl2NO7. The van der Waals surface area contributed by atoms with Crippen LogP contribution in [0.1, 0.15) is 31.1 Å². The lowest BCUT2D eigenvalue weighted by molar-refractivity contribution is -0.139. The minimum absolute atomic E-state index is 0.0342. The van der Waals surface area contributed by atoms with Crippen molar-refractivity contribution in [1.82, 2.24) is 5.16 Å². The fourth-order valence-corrected chi connectivity index (χ4v) is 4.84. The first kappa shape index (κ1) is 27.3. The van der Waals surface area contributed by atoms with Crippen LogP contribution in [0.15, 0.2) is 80.7 Å². The van der Waals surface area contributed by atoms with Gasteiger partial charge in [-0.3, -0.25) is 4.79 Å². The number of aliphatic carboxylic acids is 1. The van der Waals surface area contributed by atoms with Crippen LogP contribution in [-0.4, -0.2) is 22.8 Å². The predicted octanol–water partition coefficient (Wildman–Crippen LogP) is 7.59. The van der Waals surface area contributed by atoms with E-state index in [9.17, 15) is 9.59 Å². The smallest absolute Gasteiger partial charge is 0.341 e. The number of carboxylic acid groups (broad SMARTS) is 1. The maximum atomic E-state index is 13.2. The predicted molar refractivity (Wildman–Crippen MR) is 151 cm³/mol. The monoisotopic (exact) mass is 579 g/mol. The Balaban J connectivity index is 1.40. The van der Waals surface area contributed by atoms with Crippen molar-refractivity contribution in [1.29, 1.82) is 0 Å². The normalized spacial score (nSPS) is 11.2. The fraction of sp³-hybridized carbons (Fsp3) is 0.167. The van der Waals surface area contributed by atoms with Gasteiger partial charge in [-0.1, -0.05) is 60.4 Å². The van der Waals surface area contributed by atoms with Crippen molar-refractivity contribution < 1.29 is 28.3 Å². The molecule has 204 valence electrons. The number of benzene rings is 3. The Kier molecular flexibility index (Phi) is 7.82. The molecule has 5 rings (SSSR count). The molecule has 0 bridgehead atoms. The SMILES string of the molecule is CC(C)c1onc(-c2c(Cl)cccc2Cl)c1COc1ccc2c(=O)c(-c3ccc(OCC(=O)O)cc3)coc2c1. The van der Waals surface area contributed by atoms with Gasteiger partial charge in [0, 0.05) is 17.5 Å². The van der Waals surface area contributed by atoms with Gasteiger partial charge in [-0.05, 0) is 42.0 Å². The van der Waals surface area contributed by atoms with E-state index in [-0.39, 0.29) is 18.0 Å². The van der Waals surface area contributed by atoms with Gasteiger partial charge in [-0.2, -0.15) is 0 Å². The van der Waals surface area contributed by atoms with Gasteiger partial charge < -0.3 is 23.5 Å². The highest BCUT2D eigenvalue weighted by atomic mass is 35.5. The number of nitrogens with zero attached hydrogens (tertiary/aromatic N) is 1. The molecule has 0 unspecified atom stereocenters. The van der Waals surface area contributed by atoms with Crippen molar-refractivity contribution in [2.45, 2.75) is 26.4 Å². The lowest BCUT2D eigenvalue weighted by Gasteiger charge is -2.11. The first-order valence-electron chi connectivity index (χ1n) is 12.3. The number of fused-ring (bicyclic) bond motifs is 1. The van der Waals surface area contributed by atoms with Crippen molar-refractivity contribution in [2.24, 2.45) is 0 Å². The Morgan fingerprint density at radius 3 is 2.38 bits per heavy atom. The summed E-state index contributed by atoms with van der Waals surface area (Å²) >= 11 is 12.9. The quantitative estimate of drug-likeness (QED) is 0.190. The Hall–Kier alpha value is -4.27. The molecule has 5 aromatic rings. The molecular weight excluding hydrogens is 557 g/mol. The maximum absolute atomic E-state index is 13.2. The molecule has 0 aliphatic rings. The molecule has 0 aliphatic heterocycles. The molecule has 2 aromatic heterocycles. The standard InChI is InChI=1S/C30H23Cl2NO7/c1-16(2)30-22(28(33-40-30)27-23(31)4-3-5-24(27)32)14-37-19-10-11-20-25(12-19)39-13-21(29(20)36)17-6-8-18(9-7-17)38-15-26(34)35/h3-13,16H,14-15H2,1-2H3,(H,34,35). The summed E-state index contributed by atoms with van der Waals surface area (Å²) in [5, 5.41) is 14.3. The molecule has 0 radical (unpaired) electrons. The molecule has 8 nitrogen and oxygen atoms in total. The molecule has 0 spiro atoms. The van der Waals surface area contributed by atoms with Crippen molar-refractivity contribution in [2.75, 3.05) is 6.61 Å². The first-order valence-corrected chi connectivity index (χ1v) is 13.0. The summed E-state index contributed by atoms with van der Waals surface area (Å²) in [6.45, 7) is 3.65. The van der Waals surface area contributed by atoms with Crippen LogP contribution in [0.5, 0.6) is 11.5 Å². The van der Waals surface area contributed by atoms with Gasteiger partial charge in [0.1, 0.15) is 41.4 Å². The first-order chi connectivity index (χ1) is 19.2. The Morgan fingerprint density at radius 1 is 1.00 bits per heavy atom. The molecule has 0 aliphatic carbocycles. The Morgan fingerprint density at radius 2 is 1.70 bits per heavy atom. The van der Waals surface area contributed by atoms with Crippen molar-refractivity contribution >= 4 is 40.1 Å². The van der Waals surface area contributed by atoms with Crippen LogP contribution in [0.2, 0.25) is 10.0 Å². The van der Waals surface area contributed by atoms with Crippen LogP contribution < -0.4 is 14.9 Å². The zero-order valence-corrected chi connectivity index (χ0v) is 23.0. The highest BCUT2D eigenvalue weighted by Crippen LogP contribution is 2.39. The number of ether oxygens (including phenoxy) is 2. The summed E-state index contributed by atoms with van der Waals surface area (Å²) < 4.78 is 22.7. The summed E-state index contributed by atoms with van der Waals surface area (Å²) in [5.74, 6) is 0.478. The zero-order chi connectivity index (χ0) is 28.4. The van der Waals surface area contributed by atoms with Gasteiger partial charge >= 0.3 is 5.97 Å². The summed E-state index contributed by atoms with van der Waals surface area (Å²) in [5.41, 5.74) is 2.91. The highest BCUT2D eigenvalue weighted by Gasteiger charge is 2.24. The zero-order valence-electron chi connectivity index (χ0n) is 21.4. The maximum Gasteiger partial charge on any atom is 0.341 e. The van der Waals surface area contributed by atoms with E-state index in [1.807, 2.05) is 13.8 Å². The summed E-state index contributed by atoms with van der Waals surface area (Å²) in [7, 11) is 0. The van der Waals surface area contributed by atoms with Gasteiger partial charge in [-0.25, -0.2) is 4.79 Å². The second-order valence-electron chi connectivity index (χ2n) is 9.26. The number of hydrogen-bond donors (Lipinski definition) is 1. The van der Waals surface area contributed by atoms with E-state index < -0.39 is 12.6 Å². The minimum atomic E-state index is -1.07. The fourth-order valence-electron chi connectivity index (χ4n) is 4.26. The van der Waals surface area contributed by atoms with Crippen molar-refractivity contribution in [3.05, 3.63) is 98.5 Å². The second-order valence-corrected chi connectivity index (χ2v) is 10.1. The molecule has 0 atom stereocenters. The van der Waals surface area contributed by atoms with Crippen LogP contribution in [0.4, 0.5) is 0 Å². The van der Waals surface area contributed by atoms with Gasteiger partial charge in [0.25, 0.3) is 0 Å². The summed E-state index contributed by atoms with van der Waals surface area (Å²) in [4.78, 5) is 23.9. The number of hydrogen-bond acceptors (Lipinski definition) is 7. The van der Waals surface area contributed by atoms with E-state index in [1.165, 1.54) is 6.26 Å². The molecule has 0 saturated carbocycles. The average molecular weight is 580 g/mol. The minimum Gasteiger partial charge on any atom is -0.489 e. The molecule has 40 heavy (non-hydrogen) atoms. The lowest BCUT2D eigenvalue weighted by atomic mass is 10.0. The van der Waals surface area contributed by atoms with Crippen molar-refractivity contribution in [3.8, 4) is 33.9 Å². The number of carboxylic acids is 1. The van der Waals surface area contributed by atoms with Crippen LogP contribution in [-0.2, 0) is 11.4 Å². The van der Waals surface area contributed by atoms with Crippen LogP contribution >= 0.6 is 23.2 Å². The van der Waals surface area contributed by atoms with E-state index in [1.54, 1.807) is 60.7 Å². The van der Waals surface area contributed by atoms with Gasteiger partial charge in [0.2, 0.25) is 0 Å². The van der Waals surface area contributed by atoms with E-state index in [0.29, 0.717) is 60.7 Å². The number of carbonyl (C=O) groups is 1. The number of aromatic nitrogens is 1. The Labute approximate surface area is 238 Å². The lowest BCUT2D eigenvalue weighted by Crippen LogP contribution is -2.09. The third-order valence-corrected chi connectivity index (χ3v) is 6.83. The summed E-state index contributed by atoms with van der Waals surface area (Å²) in [6, 6.07) is 16.7. The average Bonchev–Trinajstić information content (AvgIpc) is 3.35. The number of rotatable bonds is 9. The van der Waals surface area contributed by atoms with Gasteiger partial charge in [0.15, 0.2) is 12.0 Å². The van der Waals surface area contributed by atoms with Crippen LogP contribution in [0.3, 0.4) is 0 Å². The third kappa shape index (κ3) is 5.54. The largest absolute Gasteiger partial charge is 0.489 e. The second kappa shape index (κ2) is 11.5. The van der Waals surface area contributed by atoms with E-state index in [0.717, 1.165) is 5.56 Å². The molecule has 0 fully saturated rings. The molecule has 3 aromatic carbocycles. The molecule has 0 amide bonds. The van der Waals surface area contributed by atoms with Crippen LogP contribution in [0.25, 0.3) is 33.4 Å². The summed E-state index contributed by atoms with van der Waals surface area (Å²) in [6.07, 6.45) is 1.38. The topological polar surface area (TPSA) is 112 Å². The molecule has 1 N–H and O–H groups in total. The van der Waals surface area contributed by atoms with Gasteiger partial charge in [-0.15, -0.1) is 0 Å². The van der Waals surface area contributed by atoms with Gasteiger partial charge in [0.05, 0.1) is 26.6 Å².